The Bertz CT molecular complexity index is 1170. The van der Waals surface area contributed by atoms with Gasteiger partial charge in [-0.15, -0.1) is 0 Å². The van der Waals surface area contributed by atoms with E-state index in [0.29, 0.717) is 23.3 Å². The smallest absolute Gasteiger partial charge is 0.349 e. The Morgan fingerprint density at radius 2 is 1.64 bits per heavy atom. The molecule has 0 fully saturated rings. The fraction of sp³-hybridized carbons (Fsp3) is 0.185. The van der Waals surface area contributed by atoms with Crippen LogP contribution in [0.25, 0.3) is 0 Å². The van der Waals surface area contributed by atoms with Gasteiger partial charge in [-0.05, 0) is 36.1 Å². The van der Waals surface area contributed by atoms with E-state index < -0.39 is 17.5 Å². The topological polar surface area (TPSA) is 72.8 Å². The van der Waals surface area contributed by atoms with Gasteiger partial charge in [-0.3, -0.25) is 0 Å². The molecule has 0 aromatic heterocycles. The summed E-state index contributed by atoms with van der Waals surface area (Å²) in [6.07, 6.45) is 1.36. The Balaban J connectivity index is 1.66. The third kappa shape index (κ3) is 4.96. The predicted molar refractivity (Wildman–Crippen MR) is 127 cm³/mol. The van der Waals surface area contributed by atoms with E-state index in [0.717, 1.165) is 22.9 Å². The standard InChI is InChI=1S/C27H24O5S/c1-31-25(29)21-14-8-9-15-23(21)33-24-22(28)18-27(32-26(24)30,20-12-6-3-7-13-20)17-16-19-10-4-2-5-11-19/h2-15,28H,16-18H2,1H3. The van der Waals surface area contributed by atoms with Crippen molar-refractivity contribution in [2.45, 2.75) is 29.8 Å². The van der Waals surface area contributed by atoms with E-state index in [2.05, 4.69) is 0 Å². The van der Waals surface area contributed by atoms with Gasteiger partial charge in [0, 0.05) is 4.90 Å². The SMILES string of the molecule is COC(=O)c1ccccc1SC1=C(O)CC(CCc2ccccc2)(c2ccccc2)OC1=O. The van der Waals surface area contributed by atoms with E-state index in [4.69, 9.17) is 9.47 Å². The van der Waals surface area contributed by atoms with Gasteiger partial charge in [-0.25, -0.2) is 9.59 Å². The van der Waals surface area contributed by atoms with Crippen molar-refractivity contribution in [3.8, 4) is 0 Å². The average Bonchev–Trinajstić information content (AvgIpc) is 2.86. The molecule has 0 spiro atoms. The highest BCUT2D eigenvalue weighted by molar-refractivity contribution is 8.04. The Kier molecular flexibility index (Phi) is 6.84. The van der Waals surface area contributed by atoms with Gasteiger partial charge < -0.3 is 14.6 Å². The van der Waals surface area contributed by atoms with Crippen LogP contribution in [0.4, 0.5) is 0 Å². The fourth-order valence-corrected chi connectivity index (χ4v) is 4.89. The van der Waals surface area contributed by atoms with Gasteiger partial charge in [0.2, 0.25) is 0 Å². The summed E-state index contributed by atoms with van der Waals surface area (Å²) in [5, 5.41) is 11.0. The number of thioether (sulfide) groups is 1. The van der Waals surface area contributed by atoms with Crippen molar-refractivity contribution in [3.63, 3.8) is 0 Å². The molecule has 5 nitrogen and oxygen atoms in total. The molecule has 1 atom stereocenters. The van der Waals surface area contributed by atoms with Crippen LogP contribution in [0.3, 0.4) is 0 Å². The molecule has 1 heterocycles. The van der Waals surface area contributed by atoms with Gasteiger partial charge in [0.25, 0.3) is 0 Å². The number of methoxy groups -OCH3 is 1. The first-order chi connectivity index (χ1) is 16.0. The first kappa shape index (κ1) is 22.7. The number of hydrogen-bond acceptors (Lipinski definition) is 6. The molecule has 0 saturated heterocycles. The second-order valence-electron chi connectivity index (χ2n) is 7.78. The molecular formula is C27H24O5S. The van der Waals surface area contributed by atoms with Crippen LogP contribution in [-0.2, 0) is 26.3 Å². The number of aliphatic hydroxyl groups excluding tert-OH is 1. The van der Waals surface area contributed by atoms with Crippen molar-refractivity contribution in [2.24, 2.45) is 0 Å². The first-order valence-corrected chi connectivity index (χ1v) is 11.4. The maximum absolute atomic E-state index is 13.2. The molecule has 6 heteroatoms. The van der Waals surface area contributed by atoms with Crippen molar-refractivity contribution in [2.75, 3.05) is 7.11 Å². The molecule has 0 bridgehead atoms. The second-order valence-corrected chi connectivity index (χ2v) is 8.83. The minimum Gasteiger partial charge on any atom is -0.511 e. The summed E-state index contributed by atoms with van der Waals surface area (Å²) in [6, 6.07) is 26.3. The summed E-state index contributed by atoms with van der Waals surface area (Å²) in [6.45, 7) is 0. The van der Waals surface area contributed by atoms with Gasteiger partial charge in [0.05, 0.1) is 19.1 Å². The lowest BCUT2D eigenvalue weighted by atomic mass is 9.82. The van der Waals surface area contributed by atoms with E-state index in [9.17, 15) is 14.7 Å². The zero-order chi connectivity index (χ0) is 23.3. The average molecular weight is 461 g/mol. The number of cyclic esters (lactones) is 1. The molecule has 3 aromatic carbocycles. The maximum Gasteiger partial charge on any atom is 0.349 e. The maximum atomic E-state index is 13.2. The quantitative estimate of drug-likeness (QED) is 0.449. The molecule has 0 radical (unpaired) electrons. The molecule has 168 valence electrons. The van der Waals surface area contributed by atoms with Crippen LogP contribution in [0.1, 0.15) is 34.3 Å². The third-order valence-electron chi connectivity index (χ3n) is 5.65. The number of ether oxygens (including phenoxy) is 2. The number of carbonyl (C=O) groups excluding carboxylic acids is 2. The molecule has 3 aromatic rings. The highest BCUT2D eigenvalue weighted by atomic mass is 32.2. The Morgan fingerprint density at radius 1 is 1.00 bits per heavy atom. The minimum atomic E-state index is -0.982. The number of benzene rings is 3. The fourth-order valence-electron chi connectivity index (χ4n) is 3.95. The van der Waals surface area contributed by atoms with Gasteiger partial charge in [-0.2, -0.15) is 0 Å². The largest absolute Gasteiger partial charge is 0.511 e. The van der Waals surface area contributed by atoms with E-state index in [1.165, 1.54) is 7.11 Å². The monoisotopic (exact) mass is 460 g/mol. The Morgan fingerprint density at radius 3 is 2.30 bits per heavy atom. The van der Waals surface area contributed by atoms with Crippen molar-refractivity contribution in [1.29, 1.82) is 0 Å². The molecule has 1 N–H and O–H groups in total. The van der Waals surface area contributed by atoms with E-state index in [1.807, 2.05) is 60.7 Å². The van der Waals surface area contributed by atoms with Crippen LogP contribution in [0.2, 0.25) is 0 Å². The van der Waals surface area contributed by atoms with Gasteiger partial charge in [0.15, 0.2) is 0 Å². The summed E-state index contributed by atoms with van der Waals surface area (Å²) in [7, 11) is 1.30. The summed E-state index contributed by atoms with van der Waals surface area (Å²) in [5.41, 5.74) is 1.30. The molecule has 1 unspecified atom stereocenters. The number of hydrogen-bond donors (Lipinski definition) is 1. The number of esters is 2. The molecule has 0 saturated carbocycles. The summed E-state index contributed by atoms with van der Waals surface area (Å²) in [5.74, 6) is -1.17. The summed E-state index contributed by atoms with van der Waals surface area (Å²) >= 11 is 1.02. The second kappa shape index (κ2) is 9.96. The molecule has 0 amide bonds. The van der Waals surface area contributed by atoms with Crippen LogP contribution in [0.5, 0.6) is 0 Å². The third-order valence-corrected chi connectivity index (χ3v) is 6.84. The molecular weight excluding hydrogens is 436 g/mol. The molecule has 1 aliphatic rings. The summed E-state index contributed by atoms with van der Waals surface area (Å²) in [4.78, 5) is 25.9. The predicted octanol–water partition coefficient (Wildman–Crippen LogP) is 5.81. The van der Waals surface area contributed by atoms with E-state index >= 15 is 0 Å². The zero-order valence-corrected chi connectivity index (χ0v) is 19.0. The van der Waals surface area contributed by atoms with Crippen molar-refractivity contribution >= 4 is 23.7 Å². The van der Waals surface area contributed by atoms with Crippen LogP contribution in [-0.4, -0.2) is 24.2 Å². The lowest BCUT2D eigenvalue weighted by Gasteiger charge is -2.37. The van der Waals surface area contributed by atoms with Crippen LogP contribution in [0, 0.1) is 0 Å². The minimum absolute atomic E-state index is 0.0483. The van der Waals surface area contributed by atoms with Crippen LogP contribution >= 0.6 is 11.8 Å². The van der Waals surface area contributed by atoms with Crippen LogP contribution in [0.15, 0.2) is 100 Å². The van der Waals surface area contributed by atoms with E-state index in [-0.39, 0.29) is 17.1 Å². The lowest BCUT2D eigenvalue weighted by Crippen LogP contribution is -2.38. The Hall–Kier alpha value is -3.51. The van der Waals surface area contributed by atoms with Crippen molar-refractivity contribution in [1.82, 2.24) is 0 Å². The number of aryl methyl sites for hydroxylation is 1. The van der Waals surface area contributed by atoms with Crippen molar-refractivity contribution < 1.29 is 24.2 Å². The molecule has 33 heavy (non-hydrogen) atoms. The lowest BCUT2D eigenvalue weighted by molar-refractivity contribution is -0.160. The van der Waals surface area contributed by atoms with Crippen molar-refractivity contribution in [3.05, 3.63) is 112 Å². The molecule has 4 rings (SSSR count). The van der Waals surface area contributed by atoms with Gasteiger partial charge in [-0.1, -0.05) is 84.6 Å². The van der Waals surface area contributed by atoms with E-state index in [1.54, 1.807) is 24.3 Å². The van der Waals surface area contributed by atoms with Gasteiger partial charge >= 0.3 is 11.9 Å². The zero-order valence-electron chi connectivity index (χ0n) is 18.2. The highest BCUT2D eigenvalue weighted by Crippen LogP contribution is 2.45. The normalized spacial score (nSPS) is 18.0. The molecule has 0 aliphatic carbocycles. The van der Waals surface area contributed by atoms with Crippen LogP contribution < -0.4 is 0 Å². The number of carbonyl (C=O) groups is 2. The summed E-state index contributed by atoms with van der Waals surface area (Å²) < 4.78 is 10.9. The number of aliphatic hydroxyl groups is 1. The Labute approximate surface area is 197 Å². The highest BCUT2D eigenvalue weighted by Gasteiger charge is 2.43. The number of rotatable bonds is 7. The molecule has 1 aliphatic heterocycles. The van der Waals surface area contributed by atoms with Gasteiger partial charge in [0.1, 0.15) is 16.3 Å². The first-order valence-electron chi connectivity index (χ1n) is 10.6.